The largest absolute Gasteiger partial charge is 0.401 e. The van der Waals surface area contributed by atoms with Crippen molar-refractivity contribution in [2.45, 2.75) is 12.3 Å². The molecule has 1 aliphatic heterocycles. The first kappa shape index (κ1) is 21.3. The Hall–Kier alpha value is -2.91. The number of nitrogens with one attached hydrogen (secondary N) is 1. The van der Waals surface area contributed by atoms with Gasteiger partial charge in [-0.1, -0.05) is 36.4 Å². The van der Waals surface area contributed by atoms with E-state index in [-0.39, 0.29) is 6.54 Å². The second-order valence-corrected chi connectivity index (χ2v) is 7.64. The summed E-state index contributed by atoms with van der Waals surface area (Å²) in [6, 6.07) is 15.6. The monoisotopic (exact) mass is 431 g/mol. The lowest BCUT2D eigenvalue weighted by Gasteiger charge is -2.35. The maximum atomic E-state index is 12.6. The summed E-state index contributed by atoms with van der Waals surface area (Å²) in [6.45, 7) is 0.969. The summed E-state index contributed by atoms with van der Waals surface area (Å²) in [5.74, 6) is 1.21. The maximum absolute atomic E-state index is 12.6. The molecule has 0 saturated carbocycles. The molecule has 9 heteroatoms. The molecule has 0 spiro atoms. The number of benzene rings is 2. The molecule has 0 bridgehead atoms. The zero-order chi connectivity index (χ0) is 21.8. The molecule has 1 unspecified atom stereocenters. The number of anilines is 2. The van der Waals surface area contributed by atoms with Crippen LogP contribution >= 0.6 is 0 Å². The third-order valence-electron chi connectivity index (χ3n) is 5.39. The van der Waals surface area contributed by atoms with Crippen LogP contribution in [0.2, 0.25) is 0 Å². The van der Waals surface area contributed by atoms with Crippen molar-refractivity contribution in [1.82, 2.24) is 14.9 Å². The average molecular weight is 431 g/mol. The zero-order valence-corrected chi connectivity index (χ0v) is 16.9. The van der Waals surface area contributed by atoms with Crippen molar-refractivity contribution in [3.8, 4) is 0 Å². The summed E-state index contributed by atoms with van der Waals surface area (Å²) in [6.07, 6.45) is -3.48. The van der Waals surface area contributed by atoms with E-state index in [0.29, 0.717) is 37.8 Å². The highest BCUT2D eigenvalue weighted by atomic mass is 19.4. The fourth-order valence-electron chi connectivity index (χ4n) is 3.74. The van der Waals surface area contributed by atoms with E-state index in [4.69, 9.17) is 0 Å². The number of hydrogen-bond acceptors (Lipinski definition) is 6. The van der Waals surface area contributed by atoms with Crippen LogP contribution in [-0.2, 0) is 0 Å². The Morgan fingerprint density at radius 2 is 1.71 bits per heavy atom. The molecule has 2 aromatic carbocycles. The van der Waals surface area contributed by atoms with Crippen molar-refractivity contribution in [2.24, 2.45) is 0 Å². The average Bonchev–Trinajstić information content (AvgIpc) is 2.77. The molecule has 1 saturated heterocycles. The van der Waals surface area contributed by atoms with Crippen molar-refractivity contribution < 1.29 is 18.3 Å². The zero-order valence-electron chi connectivity index (χ0n) is 16.9. The lowest BCUT2D eigenvalue weighted by atomic mass is 10.0. The molecule has 4 rings (SSSR count). The molecule has 0 amide bonds. The minimum atomic E-state index is -4.18. The summed E-state index contributed by atoms with van der Waals surface area (Å²) in [5, 5.41) is 15.9. The number of fused-ring (bicyclic) bond motifs is 1. The lowest BCUT2D eigenvalue weighted by molar-refractivity contribution is -0.146. The van der Waals surface area contributed by atoms with Gasteiger partial charge in [-0.2, -0.15) is 13.2 Å². The van der Waals surface area contributed by atoms with E-state index in [1.807, 2.05) is 47.4 Å². The minimum Gasteiger partial charge on any atom is -0.387 e. The van der Waals surface area contributed by atoms with E-state index in [1.165, 1.54) is 11.2 Å². The van der Waals surface area contributed by atoms with E-state index < -0.39 is 18.8 Å². The molecule has 1 atom stereocenters. The van der Waals surface area contributed by atoms with Crippen LogP contribution in [0.1, 0.15) is 11.7 Å². The summed E-state index contributed by atoms with van der Waals surface area (Å²) in [7, 11) is 0. The molecular weight excluding hydrogens is 407 g/mol. The van der Waals surface area contributed by atoms with Gasteiger partial charge in [-0.25, -0.2) is 9.97 Å². The first-order chi connectivity index (χ1) is 14.9. The molecule has 0 radical (unpaired) electrons. The first-order valence-corrected chi connectivity index (χ1v) is 10.1. The fourth-order valence-corrected chi connectivity index (χ4v) is 3.74. The van der Waals surface area contributed by atoms with Gasteiger partial charge in [-0.15, -0.1) is 0 Å². The molecule has 1 aliphatic rings. The highest BCUT2D eigenvalue weighted by Gasteiger charge is 2.32. The van der Waals surface area contributed by atoms with Crippen LogP contribution in [0.25, 0.3) is 10.8 Å². The van der Waals surface area contributed by atoms with Gasteiger partial charge < -0.3 is 15.3 Å². The molecule has 6 nitrogen and oxygen atoms in total. The Balaban J connectivity index is 1.34. The normalized spacial score (nSPS) is 16.5. The minimum absolute atomic E-state index is 0.272. The Morgan fingerprint density at radius 3 is 2.45 bits per heavy atom. The summed E-state index contributed by atoms with van der Waals surface area (Å²) < 4.78 is 37.7. The highest BCUT2D eigenvalue weighted by molar-refractivity contribution is 5.83. The van der Waals surface area contributed by atoms with Crippen LogP contribution in [0, 0.1) is 0 Å². The quantitative estimate of drug-likeness (QED) is 0.623. The first-order valence-electron chi connectivity index (χ1n) is 10.1. The van der Waals surface area contributed by atoms with E-state index in [9.17, 15) is 18.3 Å². The Kier molecular flexibility index (Phi) is 6.24. The number of hydrogen-bond donors (Lipinski definition) is 2. The van der Waals surface area contributed by atoms with Crippen LogP contribution in [0.3, 0.4) is 0 Å². The van der Waals surface area contributed by atoms with Crippen molar-refractivity contribution in [3.63, 3.8) is 0 Å². The van der Waals surface area contributed by atoms with Gasteiger partial charge in [0.15, 0.2) is 0 Å². The molecule has 0 aliphatic carbocycles. The Labute approximate surface area is 178 Å². The molecule has 2 N–H and O–H groups in total. The van der Waals surface area contributed by atoms with Gasteiger partial charge in [0.25, 0.3) is 0 Å². The smallest absolute Gasteiger partial charge is 0.387 e. The third-order valence-corrected chi connectivity index (χ3v) is 5.39. The molecule has 164 valence electrons. The standard InChI is InChI=1S/C22H24F3N5O/c23-22(24,25)14-29-7-9-30(10-8-29)21-12-20(27-15-28-21)26-13-19(31)18-6-5-16-3-1-2-4-17(16)11-18/h1-6,11-12,15,19,31H,7-10,13-14H2,(H,26,27,28). The molecule has 3 aromatic rings. The number of rotatable bonds is 6. The van der Waals surface area contributed by atoms with Crippen molar-refractivity contribution in [2.75, 3.05) is 49.5 Å². The molecule has 1 aromatic heterocycles. The summed E-state index contributed by atoms with van der Waals surface area (Å²) >= 11 is 0. The fraction of sp³-hybridized carbons (Fsp3) is 0.364. The number of alkyl halides is 3. The topological polar surface area (TPSA) is 64.5 Å². The van der Waals surface area contributed by atoms with Gasteiger partial charge in [0.2, 0.25) is 0 Å². The van der Waals surface area contributed by atoms with E-state index in [1.54, 1.807) is 6.07 Å². The van der Waals surface area contributed by atoms with Gasteiger partial charge in [0, 0.05) is 38.8 Å². The molecule has 2 heterocycles. The second kappa shape index (κ2) is 9.07. The van der Waals surface area contributed by atoms with Gasteiger partial charge in [0.05, 0.1) is 12.6 Å². The predicted octanol–water partition coefficient (Wildman–Crippen LogP) is 3.46. The van der Waals surface area contributed by atoms with Gasteiger partial charge >= 0.3 is 6.18 Å². The number of halogens is 3. The predicted molar refractivity (Wildman–Crippen MR) is 114 cm³/mol. The van der Waals surface area contributed by atoms with Crippen LogP contribution < -0.4 is 10.2 Å². The second-order valence-electron chi connectivity index (χ2n) is 7.64. The summed E-state index contributed by atoms with van der Waals surface area (Å²) in [5.41, 5.74) is 0.807. The summed E-state index contributed by atoms with van der Waals surface area (Å²) in [4.78, 5) is 11.8. The number of aliphatic hydroxyl groups is 1. The van der Waals surface area contributed by atoms with Crippen molar-refractivity contribution >= 4 is 22.4 Å². The highest BCUT2D eigenvalue weighted by Crippen LogP contribution is 2.22. The maximum Gasteiger partial charge on any atom is 0.401 e. The van der Waals surface area contributed by atoms with Crippen LogP contribution in [0.15, 0.2) is 54.9 Å². The number of aliphatic hydroxyl groups excluding tert-OH is 1. The van der Waals surface area contributed by atoms with Gasteiger partial charge in [0.1, 0.15) is 18.0 Å². The SMILES string of the molecule is OC(CNc1cc(N2CCN(CC(F)(F)F)CC2)ncn1)c1ccc2ccccc2c1. The van der Waals surface area contributed by atoms with Crippen LogP contribution in [-0.4, -0.2) is 65.4 Å². The van der Waals surface area contributed by atoms with E-state index in [2.05, 4.69) is 15.3 Å². The van der Waals surface area contributed by atoms with Gasteiger partial charge in [-0.05, 0) is 22.4 Å². The van der Waals surface area contributed by atoms with Crippen molar-refractivity contribution in [1.29, 1.82) is 0 Å². The number of aromatic nitrogens is 2. The Bertz CT molecular complexity index is 1020. The van der Waals surface area contributed by atoms with Gasteiger partial charge in [-0.3, -0.25) is 4.90 Å². The Morgan fingerprint density at radius 1 is 0.968 bits per heavy atom. The number of nitrogens with zero attached hydrogens (tertiary/aromatic N) is 4. The van der Waals surface area contributed by atoms with E-state index >= 15 is 0 Å². The number of piperazine rings is 1. The lowest BCUT2D eigenvalue weighted by Crippen LogP contribution is -2.49. The van der Waals surface area contributed by atoms with E-state index in [0.717, 1.165) is 16.3 Å². The molecular formula is C22H24F3N5O. The third kappa shape index (κ3) is 5.62. The molecule has 1 fully saturated rings. The van der Waals surface area contributed by atoms with Crippen LogP contribution in [0.4, 0.5) is 24.8 Å². The van der Waals surface area contributed by atoms with Crippen LogP contribution in [0.5, 0.6) is 0 Å². The van der Waals surface area contributed by atoms with Crippen molar-refractivity contribution in [3.05, 3.63) is 60.4 Å². The molecule has 31 heavy (non-hydrogen) atoms.